The molecule has 0 aliphatic carbocycles. The van der Waals surface area contributed by atoms with Gasteiger partial charge in [0.15, 0.2) is 5.82 Å². The molecule has 0 unspecified atom stereocenters. The highest BCUT2D eigenvalue weighted by molar-refractivity contribution is 5.86. The van der Waals surface area contributed by atoms with Crippen molar-refractivity contribution in [2.24, 2.45) is 0 Å². The smallest absolute Gasteiger partial charge is 0.154 e. The first-order chi connectivity index (χ1) is 12.2. The van der Waals surface area contributed by atoms with Crippen molar-refractivity contribution in [2.45, 2.75) is 33.2 Å². The maximum Gasteiger partial charge on any atom is 0.154 e. The van der Waals surface area contributed by atoms with Crippen LogP contribution in [0.15, 0.2) is 42.9 Å². The number of aryl methyl sites for hydroxylation is 1. The summed E-state index contributed by atoms with van der Waals surface area (Å²) in [7, 11) is 0. The van der Waals surface area contributed by atoms with Gasteiger partial charge in [0.1, 0.15) is 17.0 Å². The van der Waals surface area contributed by atoms with E-state index in [4.69, 9.17) is 4.98 Å². The summed E-state index contributed by atoms with van der Waals surface area (Å²) in [4.78, 5) is 13.9. The van der Waals surface area contributed by atoms with Gasteiger partial charge in [0.05, 0.1) is 17.8 Å². The number of fused-ring (bicyclic) bond motifs is 2. The van der Waals surface area contributed by atoms with Crippen LogP contribution in [0, 0.1) is 6.92 Å². The molecule has 0 fully saturated rings. The van der Waals surface area contributed by atoms with E-state index >= 15 is 0 Å². The van der Waals surface area contributed by atoms with Crippen molar-refractivity contribution in [3.63, 3.8) is 0 Å². The van der Waals surface area contributed by atoms with Crippen molar-refractivity contribution in [1.29, 1.82) is 0 Å². The van der Waals surface area contributed by atoms with E-state index in [1.165, 1.54) is 0 Å². The zero-order chi connectivity index (χ0) is 17.2. The Morgan fingerprint density at radius 3 is 2.84 bits per heavy atom. The molecule has 4 heterocycles. The Morgan fingerprint density at radius 1 is 1.08 bits per heavy atom. The second kappa shape index (κ2) is 6.55. The van der Waals surface area contributed by atoms with Gasteiger partial charge in [0, 0.05) is 25.1 Å². The number of nitrogens with zero attached hydrogens (tertiary/aromatic N) is 5. The van der Waals surface area contributed by atoms with Gasteiger partial charge in [-0.05, 0) is 31.5 Å². The lowest BCUT2D eigenvalue weighted by molar-refractivity contribution is 0.805. The molecule has 6 nitrogen and oxygen atoms in total. The number of anilines is 1. The average Bonchev–Trinajstić information content (AvgIpc) is 3.18. The minimum Gasteiger partial charge on any atom is -0.368 e. The van der Waals surface area contributed by atoms with Crippen LogP contribution in [0.1, 0.15) is 31.3 Å². The van der Waals surface area contributed by atoms with E-state index in [2.05, 4.69) is 39.2 Å². The summed E-state index contributed by atoms with van der Waals surface area (Å²) < 4.78 is 4.22. The van der Waals surface area contributed by atoms with Gasteiger partial charge in [-0.15, -0.1) is 0 Å². The molecule has 0 saturated heterocycles. The molecule has 6 heteroatoms. The largest absolute Gasteiger partial charge is 0.368 e. The van der Waals surface area contributed by atoms with Crippen LogP contribution in [0.2, 0.25) is 0 Å². The molecule has 4 rings (SSSR count). The number of pyridine rings is 1. The van der Waals surface area contributed by atoms with Gasteiger partial charge in [0.2, 0.25) is 0 Å². The summed E-state index contributed by atoms with van der Waals surface area (Å²) in [5, 5.41) is 3.47. The lowest BCUT2D eigenvalue weighted by Gasteiger charge is -2.10. The van der Waals surface area contributed by atoms with Crippen LogP contribution < -0.4 is 5.32 Å². The molecular formula is C19H22N6. The van der Waals surface area contributed by atoms with E-state index < -0.39 is 0 Å². The maximum atomic E-state index is 4.70. The normalized spacial score (nSPS) is 11.4. The van der Waals surface area contributed by atoms with Crippen LogP contribution in [-0.4, -0.2) is 30.5 Å². The van der Waals surface area contributed by atoms with E-state index in [0.717, 1.165) is 53.4 Å². The predicted octanol–water partition coefficient (Wildman–Crippen LogP) is 3.65. The first kappa shape index (κ1) is 15.6. The van der Waals surface area contributed by atoms with Gasteiger partial charge in [-0.1, -0.05) is 19.4 Å². The molecule has 0 aliphatic heterocycles. The Labute approximate surface area is 146 Å². The second-order valence-corrected chi connectivity index (χ2v) is 6.28. The standard InChI is InChI=1S/C19H22N6/c1-3-4-9-20-19-18-16(21-14(2)22-19)8-11-25(18)13-15-12-24-10-6-5-7-17(24)23-15/h5-8,10-12H,3-4,9,13H2,1-2H3,(H,20,21,22). The molecule has 0 aliphatic rings. The summed E-state index contributed by atoms with van der Waals surface area (Å²) in [6.07, 6.45) is 8.43. The maximum absolute atomic E-state index is 4.70. The number of unbranched alkanes of at least 4 members (excludes halogenated alkanes) is 1. The third kappa shape index (κ3) is 3.07. The molecule has 4 aromatic rings. The topological polar surface area (TPSA) is 60.0 Å². The number of imidazole rings is 1. The lowest BCUT2D eigenvalue weighted by Crippen LogP contribution is -2.08. The fraction of sp³-hybridized carbons (Fsp3) is 0.316. The first-order valence-corrected chi connectivity index (χ1v) is 8.74. The Kier molecular flexibility index (Phi) is 4.09. The van der Waals surface area contributed by atoms with Crippen molar-refractivity contribution >= 4 is 22.5 Å². The Hall–Kier alpha value is -2.89. The molecule has 0 saturated carbocycles. The Bertz CT molecular complexity index is 980. The van der Waals surface area contributed by atoms with Crippen LogP contribution in [0.25, 0.3) is 16.7 Å². The molecule has 0 amide bonds. The Balaban J connectivity index is 1.71. The highest BCUT2D eigenvalue weighted by Gasteiger charge is 2.12. The molecule has 25 heavy (non-hydrogen) atoms. The van der Waals surface area contributed by atoms with E-state index in [-0.39, 0.29) is 0 Å². The van der Waals surface area contributed by atoms with Crippen LogP contribution in [0.4, 0.5) is 5.82 Å². The number of rotatable bonds is 6. The van der Waals surface area contributed by atoms with E-state index in [0.29, 0.717) is 6.54 Å². The number of hydrogen-bond donors (Lipinski definition) is 1. The van der Waals surface area contributed by atoms with Gasteiger partial charge >= 0.3 is 0 Å². The lowest BCUT2D eigenvalue weighted by atomic mass is 10.3. The molecule has 1 N–H and O–H groups in total. The third-order valence-electron chi connectivity index (χ3n) is 4.29. The van der Waals surface area contributed by atoms with Crippen LogP contribution in [-0.2, 0) is 6.54 Å². The zero-order valence-electron chi connectivity index (χ0n) is 14.6. The molecular weight excluding hydrogens is 312 g/mol. The minimum atomic E-state index is 0.695. The van der Waals surface area contributed by atoms with E-state index in [9.17, 15) is 0 Å². The van der Waals surface area contributed by atoms with Gasteiger partial charge in [-0.2, -0.15) is 0 Å². The summed E-state index contributed by atoms with van der Waals surface area (Å²) in [5.74, 6) is 1.70. The van der Waals surface area contributed by atoms with Crippen LogP contribution >= 0.6 is 0 Å². The summed E-state index contributed by atoms with van der Waals surface area (Å²) in [6, 6.07) is 8.08. The van der Waals surface area contributed by atoms with Crippen molar-refractivity contribution in [3.8, 4) is 0 Å². The molecule has 0 bridgehead atoms. The van der Waals surface area contributed by atoms with Crippen molar-refractivity contribution in [3.05, 3.63) is 54.4 Å². The fourth-order valence-electron chi connectivity index (χ4n) is 3.10. The molecule has 0 radical (unpaired) electrons. The highest BCUT2D eigenvalue weighted by atomic mass is 15.1. The average molecular weight is 334 g/mol. The van der Waals surface area contributed by atoms with Gasteiger partial charge in [-0.3, -0.25) is 0 Å². The predicted molar refractivity (Wildman–Crippen MR) is 100.0 cm³/mol. The van der Waals surface area contributed by atoms with Crippen LogP contribution in [0.3, 0.4) is 0 Å². The van der Waals surface area contributed by atoms with E-state index in [1.54, 1.807) is 0 Å². The number of aromatic nitrogens is 5. The van der Waals surface area contributed by atoms with Crippen molar-refractivity contribution in [2.75, 3.05) is 11.9 Å². The SMILES string of the molecule is CCCCNc1nc(C)nc2ccn(Cc3cn4ccccc4n3)c12. The molecule has 4 aromatic heterocycles. The third-order valence-corrected chi connectivity index (χ3v) is 4.29. The minimum absolute atomic E-state index is 0.695. The first-order valence-electron chi connectivity index (χ1n) is 8.74. The van der Waals surface area contributed by atoms with Crippen molar-refractivity contribution < 1.29 is 0 Å². The molecule has 0 spiro atoms. The highest BCUT2D eigenvalue weighted by Crippen LogP contribution is 2.23. The molecule has 0 aromatic carbocycles. The second-order valence-electron chi connectivity index (χ2n) is 6.28. The summed E-state index contributed by atoms with van der Waals surface area (Å²) in [6.45, 7) is 5.74. The quantitative estimate of drug-likeness (QED) is 0.547. The fourth-order valence-corrected chi connectivity index (χ4v) is 3.10. The van der Waals surface area contributed by atoms with E-state index in [1.807, 2.05) is 41.8 Å². The summed E-state index contributed by atoms with van der Waals surface area (Å²) in [5.41, 5.74) is 3.99. The van der Waals surface area contributed by atoms with Crippen LogP contribution in [0.5, 0.6) is 0 Å². The Morgan fingerprint density at radius 2 is 2.00 bits per heavy atom. The van der Waals surface area contributed by atoms with Gasteiger partial charge in [-0.25, -0.2) is 15.0 Å². The molecule has 128 valence electrons. The zero-order valence-corrected chi connectivity index (χ0v) is 14.6. The van der Waals surface area contributed by atoms with Crippen molar-refractivity contribution in [1.82, 2.24) is 23.9 Å². The van der Waals surface area contributed by atoms with Gasteiger partial charge in [0.25, 0.3) is 0 Å². The summed E-state index contributed by atoms with van der Waals surface area (Å²) >= 11 is 0. The number of nitrogens with one attached hydrogen (secondary N) is 1. The molecule has 0 atom stereocenters. The number of hydrogen-bond acceptors (Lipinski definition) is 4. The monoisotopic (exact) mass is 334 g/mol. The van der Waals surface area contributed by atoms with Gasteiger partial charge < -0.3 is 14.3 Å².